The Morgan fingerprint density at radius 1 is 1.23 bits per heavy atom. The van der Waals surface area contributed by atoms with Crippen LogP contribution in [0, 0.1) is 6.92 Å². The normalized spacial score (nSPS) is 10.2. The topological polar surface area (TPSA) is 38.9 Å². The molecule has 0 bridgehead atoms. The fraction of sp³-hybridized carbons (Fsp3) is 0.100. The molecule has 0 radical (unpaired) electrons. The van der Waals surface area contributed by atoms with Gasteiger partial charge in [0, 0.05) is 4.88 Å². The summed E-state index contributed by atoms with van der Waals surface area (Å²) in [5.41, 5.74) is 6.55. The molecule has 3 heteroatoms. The van der Waals surface area contributed by atoms with Crippen molar-refractivity contribution in [3.8, 4) is 10.6 Å². The number of nitrogen functional groups attached to an aromatic ring is 1. The Kier molecular flexibility index (Phi) is 2.02. The molecule has 2 aromatic rings. The number of pyridine rings is 1. The fourth-order valence-electron chi connectivity index (χ4n) is 1.16. The van der Waals surface area contributed by atoms with Gasteiger partial charge in [-0.1, -0.05) is 6.07 Å². The van der Waals surface area contributed by atoms with Crippen molar-refractivity contribution in [3.05, 3.63) is 35.2 Å². The van der Waals surface area contributed by atoms with Gasteiger partial charge in [-0.3, -0.25) is 0 Å². The van der Waals surface area contributed by atoms with Gasteiger partial charge in [-0.15, -0.1) is 11.3 Å². The summed E-state index contributed by atoms with van der Waals surface area (Å²) in [5, 5.41) is 0. The maximum absolute atomic E-state index is 5.60. The van der Waals surface area contributed by atoms with Gasteiger partial charge in [0.1, 0.15) is 5.82 Å². The van der Waals surface area contributed by atoms with Crippen LogP contribution in [-0.2, 0) is 0 Å². The van der Waals surface area contributed by atoms with Crippen LogP contribution < -0.4 is 5.73 Å². The van der Waals surface area contributed by atoms with Crippen LogP contribution >= 0.6 is 11.3 Å². The number of hydrogen-bond donors (Lipinski definition) is 1. The van der Waals surface area contributed by atoms with Crippen LogP contribution in [0.5, 0.6) is 0 Å². The first-order valence-electron chi connectivity index (χ1n) is 4.05. The lowest BCUT2D eigenvalue weighted by atomic mass is 10.3. The number of aromatic nitrogens is 1. The summed E-state index contributed by atoms with van der Waals surface area (Å²) < 4.78 is 0. The first-order chi connectivity index (χ1) is 6.25. The van der Waals surface area contributed by atoms with E-state index >= 15 is 0 Å². The summed E-state index contributed by atoms with van der Waals surface area (Å²) in [7, 11) is 0. The van der Waals surface area contributed by atoms with E-state index in [0.29, 0.717) is 5.82 Å². The average molecular weight is 190 g/mol. The quantitative estimate of drug-likeness (QED) is 0.751. The molecule has 2 rings (SSSR count). The van der Waals surface area contributed by atoms with Gasteiger partial charge in [0.25, 0.3) is 0 Å². The highest BCUT2D eigenvalue weighted by Gasteiger charge is 2.01. The summed E-state index contributed by atoms with van der Waals surface area (Å²) in [6, 6.07) is 9.85. The molecule has 2 heterocycles. The number of nitrogens with two attached hydrogens (primary N) is 1. The average Bonchev–Trinajstić information content (AvgIpc) is 2.52. The second kappa shape index (κ2) is 3.18. The van der Waals surface area contributed by atoms with Crippen LogP contribution in [-0.4, -0.2) is 4.98 Å². The lowest BCUT2D eigenvalue weighted by Gasteiger charge is -1.96. The number of rotatable bonds is 1. The minimum absolute atomic E-state index is 0.573. The molecular formula is C10H10N2S. The molecule has 0 aliphatic carbocycles. The Bertz CT molecular complexity index is 420. The van der Waals surface area contributed by atoms with E-state index in [1.54, 1.807) is 17.4 Å². The van der Waals surface area contributed by atoms with Crippen LogP contribution in [0.15, 0.2) is 30.3 Å². The first kappa shape index (κ1) is 8.26. The van der Waals surface area contributed by atoms with E-state index in [1.165, 1.54) is 9.75 Å². The van der Waals surface area contributed by atoms with Crippen molar-refractivity contribution in [3.63, 3.8) is 0 Å². The summed E-state index contributed by atoms with van der Waals surface area (Å²) >= 11 is 1.73. The third kappa shape index (κ3) is 1.70. The minimum Gasteiger partial charge on any atom is -0.384 e. The van der Waals surface area contributed by atoms with Gasteiger partial charge in [0.15, 0.2) is 0 Å². The highest BCUT2D eigenvalue weighted by atomic mass is 32.1. The zero-order chi connectivity index (χ0) is 9.26. The van der Waals surface area contributed by atoms with Gasteiger partial charge >= 0.3 is 0 Å². The van der Waals surface area contributed by atoms with Gasteiger partial charge in [0.05, 0.1) is 10.6 Å². The van der Waals surface area contributed by atoms with E-state index in [0.717, 1.165) is 5.69 Å². The van der Waals surface area contributed by atoms with E-state index < -0.39 is 0 Å². The molecule has 0 unspecified atom stereocenters. The van der Waals surface area contributed by atoms with Crippen LogP contribution in [0.1, 0.15) is 4.88 Å². The Morgan fingerprint density at radius 3 is 2.69 bits per heavy atom. The molecule has 0 aliphatic rings. The van der Waals surface area contributed by atoms with Crippen LogP contribution in [0.25, 0.3) is 10.6 Å². The molecule has 13 heavy (non-hydrogen) atoms. The van der Waals surface area contributed by atoms with Gasteiger partial charge in [-0.05, 0) is 31.2 Å². The fourth-order valence-corrected chi connectivity index (χ4v) is 2.00. The zero-order valence-corrected chi connectivity index (χ0v) is 8.14. The van der Waals surface area contributed by atoms with E-state index in [4.69, 9.17) is 5.73 Å². The molecule has 0 aromatic carbocycles. The van der Waals surface area contributed by atoms with Crippen molar-refractivity contribution in [2.24, 2.45) is 0 Å². The molecule has 2 nitrogen and oxygen atoms in total. The van der Waals surface area contributed by atoms with E-state index in [1.807, 2.05) is 12.1 Å². The maximum Gasteiger partial charge on any atom is 0.124 e. The smallest absolute Gasteiger partial charge is 0.124 e. The van der Waals surface area contributed by atoms with Gasteiger partial charge in [0.2, 0.25) is 0 Å². The molecule has 0 saturated heterocycles. The minimum atomic E-state index is 0.573. The lowest BCUT2D eigenvalue weighted by molar-refractivity contribution is 1.35. The van der Waals surface area contributed by atoms with E-state index in [2.05, 4.69) is 24.0 Å². The molecule has 0 atom stereocenters. The van der Waals surface area contributed by atoms with Gasteiger partial charge in [-0.25, -0.2) is 4.98 Å². The molecule has 2 N–H and O–H groups in total. The summed E-state index contributed by atoms with van der Waals surface area (Å²) in [6.07, 6.45) is 0. The Balaban J connectivity index is 2.46. The Hall–Kier alpha value is -1.35. The van der Waals surface area contributed by atoms with Crippen molar-refractivity contribution in [1.29, 1.82) is 0 Å². The largest absolute Gasteiger partial charge is 0.384 e. The lowest BCUT2D eigenvalue weighted by Crippen LogP contribution is -1.89. The predicted octanol–water partition coefficient (Wildman–Crippen LogP) is 2.70. The van der Waals surface area contributed by atoms with Crippen molar-refractivity contribution in [2.75, 3.05) is 5.73 Å². The highest BCUT2D eigenvalue weighted by Crippen LogP contribution is 2.26. The molecule has 0 spiro atoms. The summed E-state index contributed by atoms with van der Waals surface area (Å²) in [4.78, 5) is 6.71. The summed E-state index contributed by atoms with van der Waals surface area (Å²) in [5.74, 6) is 0.573. The number of thiophene rings is 1. The third-order valence-electron chi connectivity index (χ3n) is 1.76. The van der Waals surface area contributed by atoms with E-state index in [-0.39, 0.29) is 0 Å². The second-order valence-electron chi connectivity index (χ2n) is 2.86. The predicted molar refractivity (Wildman–Crippen MR) is 56.7 cm³/mol. The third-order valence-corrected chi connectivity index (χ3v) is 2.79. The Morgan fingerprint density at radius 2 is 2.08 bits per heavy atom. The first-order valence-corrected chi connectivity index (χ1v) is 4.87. The molecule has 0 fully saturated rings. The highest BCUT2D eigenvalue weighted by molar-refractivity contribution is 7.15. The van der Waals surface area contributed by atoms with Crippen LogP contribution in [0.4, 0.5) is 5.82 Å². The summed E-state index contributed by atoms with van der Waals surface area (Å²) in [6.45, 7) is 2.08. The van der Waals surface area contributed by atoms with Gasteiger partial charge in [-0.2, -0.15) is 0 Å². The molecule has 0 amide bonds. The molecular weight excluding hydrogens is 180 g/mol. The number of aryl methyl sites for hydroxylation is 1. The second-order valence-corrected chi connectivity index (χ2v) is 4.15. The van der Waals surface area contributed by atoms with E-state index in [9.17, 15) is 0 Å². The monoisotopic (exact) mass is 190 g/mol. The number of anilines is 1. The number of nitrogens with zero attached hydrogens (tertiary/aromatic N) is 1. The van der Waals surface area contributed by atoms with Crippen molar-refractivity contribution < 1.29 is 0 Å². The van der Waals surface area contributed by atoms with Crippen molar-refractivity contribution >= 4 is 17.2 Å². The number of hydrogen-bond acceptors (Lipinski definition) is 3. The molecule has 0 aliphatic heterocycles. The Labute approximate surface area is 81.1 Å². The van der Waals surface area contributed by atoms with Crippen LogP contribution in [0.3, 0.4) is 0 Å². The molecule has 0 saturated carbocycles. The zero-order valence-electron chi connectivity index (χ0n) is 7.32. The molecule has 66 valence electrons. The van der Waals surface area contributed by atoms with Crippen molar-refractivity contribution in [2.45, 2.75) is 6.92 Å². The SMILES string of the molecule is Cc1ccc(-c2cccc(N)n2)s1. The maximum atomic E-state index is 5.60. The van der Waals surface area contributed by atoms with Gasteiger partial charge < -0.3 is 5.73 Å². The van der Waals surface area contributed by atoms with Crippen molar-refractivity contribution in [1.82, 2.24) is 4.98 Å². The van der Waals surface area contributed by atoms with Crippen LogP contribution in [0.2, 0.25) is 0 Å². The molecule has 2 aromatic heterocycles. The standard InChI is InChI=1S/C10H10N2S/c1-7-5-6-9(13-7)8-3-2-4-10(11)12-8/h2-6H,1H3,(H2,11,12).